The first-order chi connectivity index (χ1) is 27.5. The molecule has 57 heavy (non-hydrogen) atoms. The molecule has 2 unspecified atom stereocenters. The molecule has 2 fully saturated rings. The Morgan fingerprint density at radius 2 is 1.86 bits per heavy atom. The molecule has 3 aromatic heterocycles. The number of imidazole rings is 1. The second-order valence-electron chi connectivity index (χ2n) is 14.4. The maximum absolute atomic E-state index is 16.5. The number of hydrogen-bond donors (Lipinski definition) is 4. The highest BCUT2D eigenvalue weighted by atomic mass is 32.1. The summed E-state index contributed by atoms with van der Waals surface area (Å²) in [5.41, 5.74) is 2.16. The van der Waals surface area contributed by atoms with Gasteiger partial charge in [0.2, 0.25) is 17.7 Å². The van der Waals surface area contributed by atoms with Gasteiger partial charge in [0.15, 0.2) is 5.65 Å². The summed E-state index contributed by atoms with van der Waals surface area (Å²) < 4.78 is 42.3. The van der Waals surface area contributed by atoms with E-state index in [0.717, 1.165) is 30.3 Å². The van der Waals surface area contributed by atoms with Gasteiger partial charge in [0.1, 0.15) is 23.9 Å². The van der Waals surface area contributed by atoms with Gasteiger partial charge in [-0.2, -0.15) is 0 Å². The molecule has 2 aliphatic rings. The number of alkyl halides is 1. The maximum Gasteiger partial charge on any atom is 0.355 e. The number of aromatic amines is 1. The van der Waals surface area contributed by atoms with Crippen molar-refractivity contribution in [1.29, 1.82) is 0 Å². The summed E-state index contributed by atoms with van der Waals surface area (Å²) in [5, 5.41) is 9.00. The van der Waals surface area contributed by atoms with Crippen LogP contribution in [-0.2, 0) is 30.2 Å². The fourth-order valence-corrected chi connectivity index (χ4v) is 10.2. The number of carbonyl (C=O) groups excluding carboxylic acids is 4. The normalized spacial score (nSPS) is 20.5. The van der Waals surface area contributed by atoms with Gasteiger partial charge < -0.3 is 29.8 Å². The fourth-order valence-electron chi connectivity index (χ4n) is 7.37. The van der Waals surface area contributed by atoms with Crippen molar-refractivity contribution in [2.75, 3.05) is 6.61 Å². The summed E-state index contributed by atoms with van der Waals surface area (Å²) in [4.78, 5) is 67.4. The Morgan fingerprint density at radius 1 is 1.05 bits per heavy atom. The molecule has 4 N–H and O–H groups in total. The molecular weight excluding hydrogens is 773 g/mol. The number of aromatic nitrogens is 3. The number of ether oxygens (including phenoxy) is 1. The Balaban J connectivity index is 1.05. The predicted molar refractivity (Wildman–Crippen MR) is 213 cm³/mol. The molecule has 7 rings (SSSR count). The average molecular weight is 818 g/mol. The van der Waals surface area contributed by atoms with E-state index < -0.39 is 43.4 Å². The number of rotatable bonds is 14. The highest BCUT2D eigenvalue weighted by molar-refractivity contribution is 7.57. The molecule has 5 heterocycles. The minimum atomic E-state index is -4.44. The van der Waals surface area contributed by atoms with Crippen LogP contribution in [0.5, 0.6) is 5.75 Å². The van der Waals surface area contributed by atoms with E-state index in [0.29, 0.717) is 46.3 Å². The lowest BCUT2D eigenvalue weighted by atomic mass is 9.99. The fraction of sp³-hybridized carbons (Fsp3) is 0.400. The third-order valence-corrected chi connectivity index (χ3v) is 13.5. The van der Waals surface area contributed by atoms with Crippen molar-refractivity contribution in [3.05, 3.63) is 89.2 Å². The van der Waals surface area contributed by atoms with Crippen molar-refractivity contribution in [1.82, 2.24) is 35.6 Å². The number of thiophene rings is 1. The third-order valence-electron chi connectivity index (χ3n) is 10.2. The molecular formula is C40H45FN7O7PS. The molecule has 5 aromatic rings. The number of esters is 1. The zero-order chi connectivity index (χ0) is 40.1. The van der Waals surface area contributed by atoms with E-state index >= 15 is 4.39 Å². The van der Waals surface area contributed by atoms with Crippen molar-refractivity contribution in [2.45, 2.75) is 95.4 Å². The van der Waals surface area contributed by atoms with E-state index in [9.17, 15) is 23.7 Å². The van der Waals surface area contributed by atoms with Crippen molar-refractivity contribution in [2.24, 2.45) is 0 Å². The highest BCUT2D eigenvalue weighted by Crippen LogP contribution is 2.58. The molecule has 3 amide bonds. The van der Waals surface area contributed by atoms with Crippen LogP contribution in [-0.4, -0.2) is 74.3 Å². The molecule has 17 heteroatoms. The lowest BCUT2D eigenvalue weighted by Gasteiger charge is -2.35. The summed E-state index contributed by atoms with van der Waals surface area (Å²) in [7, 11) is -4.44. The first-order valence-corrected chi connectivity index (χ1v) is 21.7. The van der Waals surface area contributed by atoms with Crippen molar-refractivity contribution in [3.63, 3.8) is 0 Å². The summed E-state index contributed by atoms with van der Waals surface area (Å²) in [5.74, 6) is -3.74. The first-order valence-electron chi connectivity index (χ1n) is 19.2. The number of halogens is 1. The zero-order valence-corrected chi connectivity index (χ0v) is 33.3. The van der Waals surface area contributed by atoms with E-state index in [1.54, 1.807) is 47.8 Å². The smallest absolute Gasteiger partial charge is 0.355 e. The standard InChI is InChI=1S/C40H45FN7O7PS/c1-3-17-54-40(52)24(2)47-56(53,55-29-10-5-4-6-11-29)35(41)26-13-16-33-27(19-26)20-34(57-33)38(50)46-30-12-8-7-9-28-14-15-32(48(28)39(30)51)37(49)43-22-25-18-31-36(42-21-25)45-23-44-31/h4-6,10-11,13,16,18-21,23-24,28,30,32,35H,3,7-9,12,14-15,17,22H2,1-2H3,(H,43,49)(H,46,50)(H,47,53)(H,42,44,45)/t24-,28-,30-,32-,35?,56?/m0/s1. The van der Waals surface area contributed by atoms with Crippen LogP contribution in [0.25, 0.3) is 21.3 Å². The number of para-hydroxylation sites is 1. The van der Waals surface area contributed by atoms with Crippen LogP contribution in [0, 0.1) is 0 Å². The number of carbonyl (C=O) groups is 4. The molecule has 0 spiro atoms. The topological polar surface area (TPSA) is 185 Å². The van der Waals surface area contributed by atoms with Gasteiger partial charge in [-0.05, 0) is 91.9 Å². The first kappa shape index (κ1) is 40.0. The molecule has 0 bridgehead atoms. The van der Waals surface area contributed by atoms with E-state index in [2.05, 4.69) is 30.7 Å². The largest absolute Gasteiger partial charge is 0.465 e. The van der Waals surface area contributed by atoms with Gasteiger partial charge >= 0.3 is 13.5 Å². The molecule has 2 saturated heterocycles. The Bertz CT molecular complexity index is 2310. The number of pyridine rings is 1. The Kier molecular flexibility index (Phi) is 12.3. The van der Waals surface area contributed by atoms with E-state index in [4.69, 9.17) is 9.26 Å². The number of fused-ring (bicyclic) bond motifs is 3. The molecule has 300 valence electrons. The summed E-state index contributed by atoms with van der Waals surface area (Å²) >= 11 is 1.18. The third kappa shape index (κ3) is 9.03. The second-order valence-corrected chi connectivity index (χ2v) is 17.6. The molecule has 14 nitrogen and oxygen atoms in total. The van der Waals surface area contributed by atoms with Gasteiger partial charge in [-0.3, -0.25) is 23.7 Å². The quantitative estimate of drug-likeness (QED) is 0.0695. The van der Waals surface area contributed by atoms with Crippen LogP contribution in [0.1, 0.15) is 85.5 Å². The van der Waals surface area contributed by atoms with E-state index in [1.165, 1.54) is 42.5 Å². The number of H-pyrrole nitrogens is 1. The number of nitrogens with one attached hydrogen (secondary N) is 4. The lowest BCUT2D eigenvalue weighted by molar-refractivity contribution is -0.145. The lowest BCUT2D eigenvalue weighted by Crippen LogP contribution is -2.56. The number of hydrogen-bond acceptors (Lipinski definition) is 10. The van der Waals surface area contributed by atoms with Gasteiger partial charge in [0, 0.05) is 23.5 Å². The van der Waals surface area contributed by atoms with E-state index in [-0.39, 0.29) is 42.3 Å². The molecule has 0 radical (unpaired) electrons. The molecule has 0 aliphatic carbocycles. The Morgan fingerprint density at radius 3 is 2.67 bits per heavy atom. The maximum atomic E-state index is 16.5. The number of benzene rings is 2. The SMILES string of the molecule is CCCOC(=O)[C@H](C)NP(=O)(Oc1ccccc1)C(F)c1ccc2sc(C(=O)N[C@H]3CCCC[C@H]4CC[C@@H](C(=O)NCc5cnc6nc[nH]c6c5)N4C3=O)cc2c1. The van der Waals surface area contributed by atoms with Crippen molar-refractivity contribution >= 4 is 63.8 Å². The average Bonchev–Trinajstić information content (AvgIpc) is 3.97. The summed E-state index contributed by atoms with van der Waals surface area (Å²) in [6, 6.07) is 13.4. The Labute approximate surface area is 332 Å². The molecule has 2 aromatic carbocycles. The molecule has 0 saturated carbocycles. The Hall–Kier alpha value is -5.18. The minimum absolute atomic E-state index is 0.0193. The monoisotopic (exact) mass is 817 g/mol. The number of amides is 3. The van der Waals surface area contributed by atoms with Crippen LogP contribution < -0.4 is 20.2 Å². The van der Waals surface area contributed by atoms with Crippen LogP contribution in [0.2, 0.25) is 0 Å². The van der Waals surface area contributed by atoms with Crippen molar-refractivity contribution < 1.29 is 37.4 Å². The minimum Gasteiger partial charge on any atom is -0.465 e. The van der Waals surface area contributed by atoms with Gasteiger partial charge in [0.05, 0.1) is 23.3 Å². The van der Waals surface area contributed by atoms with Gasteiger partial charge in [0.25, 0.3) is 5.91 Å². The molecule has 2 aliphatic heterocycles. The van der Waals surface area contributed by atoms with Gasteiger partial charge in [-0.1, -0.05) is 44.0 Å². The van der Waals surface area contributed by atoms with Crippen LogP contribution >= 0.6 is 18.9 Å². The van der Waals surface area contributed by atoms with Crippen LogP contribution in [0.4, 0.5) is 4.39 Å². The number of nitrogens with zero attached hydrogens (tertiary/aromatic N) is 3. The van der Waals surface area contributed by atoms with Crippen LogP contribution in [0.3, 0.4) is 0 Å². The highest BCUT2D eigenvalue weighted by Gasteiger charge is 2.44. The predicted octanol–water partition coefficient (Wildman–Crippen LogP) is 6.69. The van der Waals surface area contributed by atoms with Crippen LogP contribution in [0.15, 0.2) is 73.2 Å². The van der Waals surface area contributed by atoms with Gasteiger partial charge in [-0.25, -0.2) is 19.4 Å². The molecule has 6 atom stereocenters. The summed E-state index contributed by atoms with van der Waals surface area (Å²) in [6.07, 6.45) is 7.82. The second kappa shape index (κ2) is 17.5. The van der Waals surface area contributed by atoms with E-state index in [1.807, 2.05) is 13.0 Å². The van der Waals surface area contributed by atoms with Gasteiger partial charge in [-0.15, -0.1) is 11.3 Å². The van der Waals surface area contributed by atoms with Crippen molar-refractivity contribution in [3.8, 4) is 5.75 Å². The zero-order valence-electron chi connectivity index (χ0n) is 31.6. The summed E-state index contributed by atoms with van der Waals surface area (Å²) in [6.45, 7) is 3.67.